The van der Waals surface area contributed by atoms with Crippen molar-refractivity contribution in [3.8, 4) is 6.07 Å². The first-order valence-electron chi connectivity index (χ1n) is 6.09. The molecule has 0 aliphatic rings. The van der Waals surface area contributed by atoms with Crippen LogP contribution in [0.4, 0.5) is 9.18 Å². The molecule has 0 aliphatic carbocycles. The maximum absolute atomic E-state index is 13.4. The second-order valence-corrected chi connectivity index (χ2v) is 5.40. The number of nitriles is 1. The average molecular weight is 279 g/mol. The van der Waals surface area contributed by atoms with Crippen LogP contribution in [0.25, 0.3) is 0 Å². The van der Waals surface area contributed by atoms with Crippen molar-refractivity contribution in [2.75, 3.05) is 0 Å². The van der Waals surface area contributed by atoms with E-state index in [4.69, 9.17) is 15.7 Å². The largest absolute Gasteiger partial charge is 0.444 e. The topological polar surface area (TPSA) is 88.1 Å². The van der Waals surface area contributed by atoms with Gasteiger partial charge in [0.25, 0.3) is 0 Å². The van der Waals surface area contributed by atoms with Gasteiger partial charge in [0, 0.05) is 0 Å². The van der Waals surface area contributed by atoms with Crippen molar-refractivity contribution in [3.63, 3.8) is 0 Å². The van der Waals surface area contributed by atoms with Gasteiger partial charge in [0.1, 0.15) is 17.6 Å². The Morgan fingerprint density at radius 2 is 2.10 bits per heavy atom. The molecule has 6 heteroatoms. The zero-order valence-electron chi connectivity index (χ0n) is 12.0. The van der Waals surface area contributed by atoms with E-state index in [0.29, 0.717) is 11.1 Å². The fourth-order valence-electron chi connectivity index (χ4n) is 1.65. The van der Waals surface area contributed by atoms with E-state index in [-0.39, 0.29) is 5.56 Å². The molecule has 1 rings (SSSR count). The number of hydrogen-bond acceptors (Lipinski definition) is 4. The Morgan fingerprint density at radius 1 is 1.50 bits per heavy atom. The smallest absolute Gasteiger partial charge is 0.409 e. The predicted molar refractivity (Wildman–Crippen MR) is 72.2 cm³/mol. The summed E-state index contributed by atoms with van der Waals surface area (Å²) in [6.45, 7) is 6.81. The number of rotatable bonds is 2. The van der Waals surface area contributed by atoms with Crippen molar-refractivity contribution in [2.45, 2.75) is 39.5 Å². The average Bonchev–Trinajstić information content (AvgIpc) is 2.28. The zero-order valence-corrected chi connectivity index (χ0v) is 12.0. The van der Waals surface area contributed by atoms with Gasteiger partial charge in [-0.2, -0.15) is 5.26 Å². The molecule has 0 saturated heterocycles. The summed E-state index contributed by atoms with van der Waals surface area (Å²) in [5.41, 5.74) is 6.21. The van der Waals surface area contributed by atoms with Gasteiger partial charge in [-0.15, -0.1) is 0 Å². The van der Waals surface area contributed by atoms with E-state index in [9.17, 15) is 9.18 Å². The third-order valence-corrected chi connectivity index (χ3v) is 2.54. The minimum atomic E-state index is -0.951. The highest BCUT2D eigenvalue weighted by molar-refractivity contribution is 5.68. The van der Waals surface area contributed by atoms with Gasteiger partial charge in [-0.25, -0.2) is 9.18 Å². The van der Waals surface area contributed by atoms with E-state index in [0.717, 1.165) is 6.07 Å². The van der Waals surface area contributed by atoms with E-state index < -0.39 is 23.7 Å². The Labute approximate surface area is 117 Å². The second kappa shape index (κ2) is 5.88. The molecule has 0 radical (unpaired) electrons. The first kappa shape index (κ1) is 15.9. The van der Waals surface area contributed by atoms with E-state index in [2.05, 4.69) is 5.32 Å². The lowest BCUT2D eigenvalue weighted by Crippen LogP contribution is -2.38. The molecule has 0 spiro atoms. The van der Waals surface area contributed by atoms with Crippen molar-refractivity contribution in [2.24, 2.45) is 5.73 Å². The molecule has 20 heavy (non-hydrogen) atoms. The standard InChI is InChI=1S/C14H18FN3O2/c1-8-9(7-16)5-10(15)6-11(8)12(17)18-13(19)20-14(2,3)4/h5-6,12H,17H2,1-4H3,(H,18,19)/t12-/m0/s1. The summed E-state index contributed by atoms with van der Waals surface area (Å²) in [6, 6.07) is 4.20. The molecular formula is C14H18FN3O2. The van der Waals surface area contributed by atoms with Gasteiger partial charge in [-0.3, -0.25) is 0 Å². The lowest BCUT2D eigenvalue weighted by Gasteiger charge is -2.22. The molecule has 1 aromatic rings. The number of carbonyl (C=O) groups excluding carboxylic acids is 1. The Balaban J connectivity index is 2.94. The van der Waals surface area contributed by atoms with Crippen LogP contribution in [-0.4, -0.2) is 11.7 Å². The molecule has 0 aromatic heterocycles. The van der Waals surface area contributed by atoms with Crippen molar-refractivity contribution in [1.82, 2.24) is 5.32 Å². The van der Waals surface area contributed by atoms with Crippen LogP contribution in [0.1, 0.15) is 43.6 Å². The molecule has 1 amide bonds. The summed E-state index contributed by atoms with van der Waals surface area (Å²) in [7, 11) is 0. The van der Waals surface area contributed by atoms with Gasteiger partial charge in [-0.1, -0.05) is 0 Å². The summed E-state index contributed by atoms with van der Waals surface area (Å²) in [5.74, 6) is -0.580. The molecule has 0 fully saturated rings. The van der Waals surface area contributed by atoms with Crippen LogP contribution in [0.2, 0.25) is 0 Å². The lowest BCUT2D eigenvalue weighted by molar-refractivity contribution is 0.0505. The van der Waals surface area contributed by atoms with Crippen LogP contribution < -0.4 is 11.1 Å². The van der Waals surface area contributed by atoms with Gasteiger partial charge in [-0.05, 0) is 51.0 Å². The number of benzene rings is 1. The van der Waals surface area contributed by atoms with Gasteiger partial charge in [0.2, 0.25) is 0 Å². The number of alkyl carbamates (subject to hydrolysis) is 1. The lowest BCUT2D eigenvalue weighted by atomic mass is 10.0. The highest BCUT2D eigenvalue weighted by Gasteiger charge is 2.20. The number of nitrogens with two attached hydrogens (primary N) is 1. The van der Waals surface area contributed by atoms with Crippen molar-refractivity contribution in [1.29, 1.82) is 5.26 Å². The summed E-state index contributed by atoms with van der Waals surface area (Å²) in [5, 5.41) is 11.3. The quantitative estimate of drug-likeness (QED) is 0.814. The Hall–Kier alpha value is -2.13. The number of amides is 1. The maximum atomic E-state index is 13.4. The molecule has 0 saturated carbocycles. The van der Waals surface area contributed by atoms with Gasteiger partial charge >= 0.3 is 6.09 Å². The van der Waals surface area contributed by atoms with Crippen LogP contribution in [0, 0.1) is 24.1 Å². The van der Waals surface area contributed by atoms with Crippen LogP contribution in [0.3, 0.4) is 0 Å². The number of nitrogens with one attached hydrogen (secondary N) is 1. The Morgan fingerprint density at radius 3 is 2.60 bits per heavy atom. The van der Waals surface area contributed by atoms with Crippen LogP contribution in [0.5, 0.6) is 0 Å². The molecule has 0 heterocycles. The van der Waals surface area contributed by atoms with Crippen molar-refractivity contribution >= 4 is 6.09 Å². The molecule has 0 bridgehead atoms. The summed E-state index contributed by atoms with van der Waals surface area (Å²) in [4.78, 5) is 11.6. The molecular weight excluding hydrogens is 261 g/mol. The van der Waals surface area contributed by atoms with Crippen molar-refractivity contribution in [3.05, 3.63) is 34.6 Å². The first-order chi connectivity index (χ1) is 9.14. The number of halogens is 1. The number of nitrogens with zero attached hydrogens (tertiary/aromatic N) is 1. The molecule has 1 aromatic carbocycles. The molecule has 3 N–H and O–H groups in total. The number of carbonyl (C=O) groups is 1. The second-order valence-electron chi connectivity index (χ2n) is 5.40. The summed E-state index contributed by atoms with van der Waals surface area (Å²) in [6.07, 6.45) is -1.65. The van der Waals surface area contributed by atoms with Gasteiger partial charge in [0.05, 0.1) is 11.6 Å². The Kier molecular flexibility index (Phi) is 4.69. The van der Waals surface area contributed by atoms with E-state index >= 15 is 0 Å². The third kappa shape index (κ3) is 4.21. The zero-order chi connectivity index (χ0) is 15.5. The molecule has 0 unspecified atom stereocenters. The monoisotopic (exact) mass is 279 g/mol. The fraction of sp³-hybridized carbons (Fsp3) is 0.429. The molecule has 5 nitrogen and oxygen atoms in total. The summed E-state index contributed by atoms with van der Waals surface area (Å²) < 4.78 is 18.5. The van der Waals surface area contributed by atoms with Crippen LogP contribution in [-0.2, 0) is 4.74 Å². The molecule has 108 valence electrons. The minimum Gasteiger partial charge on any atom is -0.444 e. The maximum Gasteiger partial charge on any atom is 0.409 e. The van der Waals surface area contributed by atoms with Crippen LogP contribution >= 0.6 is 0 Å². The van der Waals surface area contributed by atoms with Gasteiger partial charge in [0.15, 0.2) is 0 Å². The molecule has 1 atom stereocenters. The highest BCUT2D eigenvalue weighted by Crippen LogP contribution is 2.20. The predicted octanol–water partition coefficient (Wildman–Crippen LogP) is 2.49. The number of hydrogen-bond donors (Lipinski definition) is 2. The first-order valence-corrected chi connectivity index (χ1v) is 6.09. The minimum absolute atomic E-state index is 0.182. The SMILES string of the molecule is Cc1c(C#N)cc(F)cc1[C@@H](N)NC(=O)OC(C)(C)C. The van der Waals surface area contributed by atoms with Crippen LogP contribution in [0.15, 0.2) is 12.1 Å². The van der Waals surface area contributed by atoms with E-state index in [1.807, 2.05) is 6.07 Å². The Bertz CT molecular complexity index is 559. The fourth-order valence-corrected chi connectivity index (χ4v) is 1.65. The highest BCUT2D eigenvalue weighted by atomic mass is 19.1. The molecule has 0 aliphatic heterocycles. The van der Waals surface area contributed by atoms with Crippen molar-refractivity contribution < 1.29 is 13.9 Å². The van der Waals surface area contributed by atoms with Gasteiger partial charge < -0.3 is 15.8 Å². The number of ether oxygens (including phenoxy) is 1. The van der Waals surface area contributed by atoms with E-state index in [1.54, 1.807) is 27.7 Å². The normalized spacial score (nSPS) is 12.4. The third-order valence-electron chi connectivity index (χ3n) is 2.54. The van der Waals surface area contributed by atoms with E-state index in [1.165, 1.54) is 6.07 Å². The summed E-state index contributed by atoms with van der Waals surface area (Å²) >= 11 is 0.